The van der Waals surface area contributed by atoms with Gasteiger partial charge < -0.3 is 10.3 Å². The number of imidazole rings is 1. The predicted molar refractivity (Wildman–Crippen MR) is 75.8 cm³/mol. The lowest BCUT2D eigenvalue weighted by Gasteiger charge is -2.03. The maximum absolute atomic E-state index is 5.62. The molecule has 0 aliphatic heterocycles. The van der Waals surface area contributed by atoms with Crippen molar-refractivity contribution in [1.82, 2.24) is 19.7 Å². The quantitative estimate of drug-likeness (QED) is 0.749. The number of nitrogens with zero attached hydrogens (tertiary/aromatic N) is 3. The highest BCUT2D eigenvalue weighted by Crippen LogP contribution is 2.26. The number of hydrogen-bond donors (Lipinski definition) is 2. The second-order valence-electron chi connectivity index (χ2n) is 4.72. The molecule has 5 nitrogen and oxygen atoms in total. The molecule has 2 aromatic heterocycles. The smallest absolute Gasteiger partial charge is 0.106 e. The first-order valence-electron chi connectivity index (χ1n) is 6.36. The molecule has 0 aliphatic rings. The molecule has 0 fully saturated rings. The molecule has 0 radical (unpaired) electrons. The SMILES string of the molecule is Cc1nc2cc(-c3cn[nH]c3CCN)ccc2n1C. The van der Waals surface area contributed by atoms with Crippen LogP contribution >= 0.6 is 0 Å². The number of nitrogens with one attached hydrogen (secondary N) is 1. The monoisotopic (exact) mass is 255 g/mol. The number of fused-ring (bicyclic) bond motifs is 1. The van der Waals surface area contributed by atoms with Crippen molar-refractivity contribution < 1.29 is 0 Å². The molecular weight excluding hydrogens is 238 g/mol. The number of H-pyrrole nitrogens is 1. The average Bonchev–Trinajstić information content (AvgIpc) is 2.96. The van der Waals surface area contributed by atoms with Crippen LogP contribution in [0.15, 0.2) is 24.4 Å². The molecule has 98 valence electrons. The summed E-state index contributed by atoms with van der Waals surface area (Å²) in [5.74, 6) is 1.02. The Morgan fingerprint density at radius 2 is 2.21 bits per heavy atom. The zero-order valence-electron chi connectivity index (χ0n) is 11.1. The fraction of sp³-hybridized carbons (Fsp3) is 0.286. The van der Waals surface area contributed by atoms with Crippen LogP contribution < -0.4 is 5.73 Å². The zero-order chi connectivity index (χ0) is 13.4. The van der Waals surface area contributed by atoms with Crippen molar-refractivity contribution in [2.75, 3.05) is 6.54 Å². The Kier molecular flexibility index (Phi) is 2.83. The molecule has 19 heavy (non-hydrogen) atoms. The van der Waals surface area contributed by atoms with Crippen LogP contribution in [0.25, 0.3) is 22.2 Å². The third kappa shape index (κ3) is 1.92. The first-order chi connectivity index (χ1) is 9.20. The molecule has 0 unspecified atom stereocenters. The maximum Gasteiger partial charge on any atom is 0.106 e. The van der Waals surface area contributed by atoms with Gasteiger partial charge in [-0.05, 0) is 31.2 Å². The summed E-state index contributed by atoms with van der Waals surface area (Å²) in [6, 6.07) is 6.31. The van der Waals surface area contributed by atoms with Crippen molar-refractivity contribution in [1.29, 1.82) is 0 Å². The van der Waals surface area contributed by atoms with E-state index >= 15 is 0 Å². The van der Waals surface area contributed by atoms with Crippen molar-refractivity contribution in [3.8, 4) is 11.1 Å². The summed E-state index contributed by atoms with van der Waals surface area (Å²) in [5, 5.41) is 7.13. The number of aromatic nitrogens is 4. The molecule has 0 bridgehead atoms. The second-order valence-corrected chi connectivity index (χ2v) is 4.72. The van der Waals surface area contributed by atoms with E-state index in [1.165, 1.54) is 0 Å². The molecule has 0 amide bonds. The van der Waals surface area contributed by atoms with Gasteiger partial charge in [-0.1, -0.05) is 6.07 Å². The van der Waals surface area contributed by atoms with E-state index in [1.54, 1.807) is 0 Å². The number of benzene rings is 1. The van der Waals surface area contributed by atoms with E-state index in [-0.39, 0.29) is 0 Å². The average molecular weight is 255 g/mol. The Morgan fingerprint density at radius 3 is 3.00 bits per heavy atom. The van der Waals surface area contributed by atoms with Gasteiger partial charge in [0, 0.05) is 24.7 Å². The summed E-state index contributed by atoms with van der Waals surface area (Å²) in [4.78, 5) is 4.57. The standard InChI is InChI=1S/C14H17N5/c1-9-17-13-7-10(3-4-14(13)19(9)2)11-8-16-18-12(11)5-6-15/h3-4,7-8H,5-6,15H2,1-2H3,(H,16,18). The highest BCUT2D eigenvalue weighted by Gasteiger charge is 2.10. The third-order valence-corrected chi connectivity index (χ3v) is 3.53. The first kappa shape index (κ1) is 11.9. The Balaban J connectivity index is 2.12. The lowest BCUT2D eigenvalue weighted by atomic mass is 10.0. The van der Waals surface area contributed by atoms with Crippen LogP contribution in [0.4, 0.5) is 0 Å². The van der Waals surface area contributed by atoms with Crippen LogP contribution in [-0.4, -0.2) is 26.3 Å². The molecule has 3 aromatic rings. The van der Waals surface area contributed by atoms with E-state index < -0.39 is 0 Å². The predicted octanol–water partition coefficient (Wildman–Crippen LogP) is 1.77. The van der Waals surface area contributed by atoms with Crippen LogP contribution in [-0.2, 0) is 13.5 Å². The molecule has 0 aliphatic carbocycles. The Morgan fingerprint density at radius 1 is 1.37 bits per heavy atom. The largest absolute Gasteiger partial charge is 0.331 e. The number of aryl methyl sites for hydroxylation is 2. The van der Waals surface area contributed by atoms with Crippen molar-refractivity contribution >= 4 is 11.0 Å². The van der Waals surface area contributed by atoms with Gasteiger partial charge >= 0.3 is 0 Å². The van der Waals surface area contributed by atoms with E-state index in [0.29, 0.717) is 6.54 Å². The number of aromatic amines is 1. The van der Waals surface area contributed by atoms with Crippen molar-refractivity contribution in [2.45, 2.75) is 13.3 Å². The third-order valence-electron chi connectivity index (χ3n) is 3.53. The van der Waals surface area contributed by atoms with E-state index in [2.05, 4.69) is 37.9 Å². The van der Waals surface area contributed by atoms with Crippen LogP contribution in [0.5, 0.6) is 0 Å². The molecule has 0 atom stereocenters. The topological polar surface area (TPSA) is 72.5 Å². The van der Waals surface area contributed by atoms with E-state index in [0.717, 1.165) is 40.1 Å². The second kappa shape index (κ2) is 4.51. The molecule has 0 spiro atoms. The summed E-state index contributed by atoms with van der Waals surface area (Å²) >= 11 is 0. The molecule has 3 rings (SSSR count). The van der Waals surface area contributed by atoms with Gasteiger partial charge in [-0.3, -0.25) is 5.10 Å². The lowest BCUT2D eigenvalue weighted by Crippen LogP contribution is -2.03. The Bertz CT molecular complexity index is 723. The zero-order valence-corrected chi connectivity index (χ0v) is 11.1. The van der Waals surface area contributed by atoms with Gasteiger partial charge in [0.25, 0.3) is 0 Å². The van der Waals surface area contributed by atoms with Gasteiger partial charge in [-0.2, -0.15) is 5.10 Å². The van der Waals surface area contributed by atoms with E-state index in [9.17, 15) is 0 Å². The first-order valence-corrected chi connectivity index (χ1v) is 6.36. The van der Waals surface area contributed by atoms with Crippen molar-refractivity contribution in [2.24, 2.45) is 12.8 Å². The Labute approximate surface area is 111 Å². The highest BCUT2D eigenvalue weighted by molar-refractivity contribution is 5.83. The minimum absolute atomic E-state index is 0.611. The van der Waals surface area contributed by atoms with Gasteiger partial charge in [0.1, 0.15) is 5.82 Å². The number of hydrogen-bond acceptors (Lipinski definition) is 3. The highest BCUT2D eigenvalue weighted by atomic mass is 15.1. The number of nitrogens with two attached hydrogens (primary N) is 1. The van der Waals surface area contributed by atoms with Crippen molar-refractivity contribution in [3.63, 3.8) is 0 Å². The van der Waals surface area contributed by atoms with Crippen molar-refractivity contribution in [3.05, 3.63) is 35.9 Å². The van der Waals surface area contributed by atoms with Crippen LogP contribution in [0.2, 0.25) is 0 Å². The van der Waals surface area contributed by atoms with Gasteiger partial charge in [-0.25, -0.2) is 4.98 Å². The van der Waals surface area contributed by atoms with Gasteiger partial charge in [0.15, 0.2) is 0 Å². The summed E-state index contributed by atoms with van der Waals surface area (Å²) in [7, 11) is 2.03. The van der Waals surface area contributed by atoms with Crippen LogP contribution in [0, 0.1) is 6.92 Å². The summed E-state index contributed by atoms with van der Waals surface area (Å²) in [6.45, 7) is 2.62. The summed E-state index contributed by atoms with van der Waals surface area (Å²) in [5.41, 5.74) is 11.1. The maximum atomic E-state index is 5.62. The minimum Gasteiger partial charge on any atom is -0.331 e. The molecule has 1 aromatic carbocycles. The van der Waals surface area contributed by atoms with Gasteiger partial charge in [0.2, 0.25) is 0 Å². The van der Waals surface area contributed by atoms with E-state index in [1.807, 2.05) is 20.2 Å². The molecule has 2 heterocycles. The molecule has 0 saturated heterocycles. The van der Waals surface area contributed by atoms with Crippen LogP contribution in [0.3, 0.4) is 0 Å². The fourth-order valence-corrected chi connectivity index (χ4v) is 2.38. The molecule has 3 N–H and O–H groups in total. The van der Waals surface area contributed by atoms with Gasteiger partial charge in [-0.15, -0.1) is 0 Å². The normalized spacial score (nSPS) is 11.3. The Hall–Kier alpha value is -2.14. The lowest BCUT2D eigenvalue weighted by molar-refractivity contribution is 0.886. The van der Waals surface area contributed by atoms with E-state index in [4.69, 9.17) is 5.73 Å². The fourth-order valence-electron chi connectivity index (χ4n) is 2.38. The molecule has 0 saturated carbocycles. The molecule has 5 heteroatoms. The number of rotatable bonds is 3. The minimum atomic E-state index is 0.611. The summed E-state index contributed by atoms with van der Waals surface area (Å²) in [6.07, 6.45) is 2.65. The molecular formula is C14H17N5. The van der Waals surface area contributed by atoms with Crippen LogP contribution in [0.1, 0.15) is 11.5 Å². The summed E-state index contributed by atoms with van der Waals surface area (Å²) < 4.78 is 2.09. The van der Waals surface area contributed by atoms with Gasteiger partial charge in [0.05, 0.1) is 17.2 Å².